The van der Waals surface area contributed by atoms with E-state index in [1.165, 1.54) is 18.2 Å². The highest BCUT2D eigenvalue weighted by Gasteiger charge is 2.32. The molecule has 1 aliphatic rings. The summed E-state index contributed by atoms with van der Waals surface area (Å²) in [4.78, 5) is 39.1. The fourth-order valence-corrected chi connectivity index (χ4v) is 5.68. The van der Waals surface area contributed by atoms with Crippen molar-refractivity contribution >= 4 is 28.5 Å². The number of carbonyl (C=O) groups excluding carboxylic acids is 2. The Morgan fingerprint density at radius 2 is 1.85 bits per heavy atom. The highest BCUT2D eigenvalue weighted by Crippen LogP contribution is 2.37. The molecule has 0 aliphatic carbocycles. The van der Waals surface area contributed by atoms with Gasteiger partial charge in [0.1, 0.15) is 5.82 Å². The number of carbonyl (C=O) groups is 2. The highest BCUT2D eigenvalue weighted by molar-refractivity contribution is 5.88. The lowest BCUT2D eigenvalue weighted by Gasteiger charge is -2.32. The molecule has 3 aromatic carbocycles. The fourth-order valence-electron chi connectivity index (χ4n) is 5.68. The van der Waals surface area contributed by atoms with Crippen molar-refractivity contribution < 1.29 is 23.6 Å². The zero-order valence-electron chi connectivity index (χ0n) is 22.9. The van der Waals surface area contributed by atoms with E-state index < -0.39 is 16.7 Å². The smallest absolute Gasteiger partial charge is 0.310 e. The maximum absolute atomic E-state index is 13.9. The third-order valence-electron chi connectivity index (χ3n) is 7.72. The molecule has 0 saturated carbocycles. The lowest BCUT2D eigenvalue weighted by molar-refractivity contribution is -0.384. The molecule has 1 aromatic heterocycles. The topological polar surface area (TPSA) is 94.7 Å². The second kappa shape index (κ2) is 12.3. The maximum Gasteiger partial charge on any atom is 0.310 e. The SMILES string of the molecule is CCOC(=O)[C@H]1CCCN(C(=O)C[C@@H](c2ccc(F)cc2)c2cn(Cc3ccccc3)c3ccc([N+](=O)[O-])cc23)C1. The van der Waals surface area contributed by atoms with Crippen molar-refractivity contribution in [3.05, 3.63) is 112 Å². The van der Waals surface area contributed by atoms with E-state index in [1.54, 1.807) is 36.1 Å². The summed E-state index contributed by atoms with van der Waals surface area (Å²) >= 11 is 0. The predicted molar refractivity (Wildman–Crippen MR) is 153 cm³/mol. The number of likely N-dealkylation sites (tertiary alicyclic amines) is 1. The molecule has 1 amide bonds. The Kier molecular flexibility index (Phi) is 8.42. The molecule has 0 spiro atoms. The first kappa shape index (κ1) is 28.0. The van der Waals surface area contributed by atoms with Crippen molar-refractivity contribution in [1.82, 2.24) is 9.47 Å². The van der Waals surface area contributed by atoms with Crippen LogP contribution in [0.25, 0.3) is 10.9 Å². The third-order valence-corrected chi connectivity index (χ3v) is 7.72. The Hall–Kier alpha value is -4.53. The van der Waals surface area contributed by atoms with Crippen LogP contribution >= 0.6 is 0 Å². The molecule has 0 radical (unpaired) electrons. The van der Waals surface area contributed by atoms with Crippen molar-refractivity contribution in [2.24, 2.45) is 5.92 Å². The number of piperidine rings is 1. The van der Waals surface area contributed by atoms with Crippen LogP contribution in [0.4, 0.5) is 10.1 Å². The van der Waals surface area contributed by atoms with Crippen LogP contribution in [-0.2, 0) is 20.9 Å². The van der Waals surface area contributed by atoms with Gasteiger partial charge in [-0.1, -0.05) is 42.5 Å². The normalized spacial score (nSPS) is 16.0. The number of aromatic nitrogens is 1. The lowest BCUT2D eigenvalue weighted by Crippen LogP contribution is -2.43. The number of rotatable bonds is 9. The van der Waals surface area contributed by atoms with Gasteiger partial charge in [-0.2, -0.15) is 0 Å². The molecule has 0 N–H and O–H groups in total. The average molecular weight is 558 g/mol. The molecule has 1 fully saturated rings. The Balaban J connectivity index is 1.55. The quantitative estimate of drug-likeness (QED) is 0.142. The van der Waals surface area contributed by atoms with E-state index in [4.69, 9.17) is 4.74 Å². The molecule has 2 atom stereocenters. The number of non-ortho nitro benzene ring substituents is 1. The second-order valence-corrected chi connectivity index (χ2v) is 10.4. The number of hydrogen-bond acceptors (Lipinski definition) is 5. The standard InChI is InChI=1S/C32H32FN3O5/c1-2-41-32(38)24-9-6-16-34(20-24)31(37)18-27(23-10-12-25(33)13-11-23)29-21-35(19-22-7-4-3-5-8-22)30-15-14-26(36(39)40)17-28(29)30/h3-5,7-8,10-15,17,21,24,27H,2,6,9,16,18-20H2,1H3/t24-,27-/m0/s1. The zero-order valence-corrected chi connectivity index (χ0v) is 22.9. The first-order chi connectivity index (χ1) is 19.8. The van der Waals surface area contributed by atoms with Gasteiger partial charge >= 0.3 is 5.97 Å². The van der Waals surface area contributed by atoms with Crippen molar-refractivity contribution in [1.29, 1.82) is 0 Å². The molecule has 41 heavy (non-hydrogen) atoms. The number of esters is 1. The van der Waals surface area contributed by atoms with Crippen LogP contribution in [0.2, 0.25) is 0 Å². The second-order valence-electron chi connectivity index (χ2n) is 10.4. The molecule has 1 saturated heterocycles. The van der Waals surface area contributed by atoms with Gasteiger partial charge in [-0.25, -0.2) is 4.39 Å². The number of hydrogen-bond donors (Lipinski definition) is 0. The summed E-state index contributed by atoms with van der Waals surface area (Å²) in [6.07, 6.45) is 3.37. The van der Waals surface area contributed by atoms with Gasteiger partial charge in [-0.3, -0.25) is 19.7 Å². The van der Waals surface area contributed by atoms with Crippen molar-refractivity contribution in [2.45, 2.75) is 38.6 Å². The molecule has 1 aliphatic heterocycles. The van der Waals surface area contributed by atoms with E-state index in [-0.39, 0.29) is 43.1 Å². The van der Waals surface area contributed by atoms with E-state index in [0.717, 1.165) is 22.2 Å². The molecular weight excluding hydrogens is 525 g/mol. The predicted octanol–water partition coefficient (Wildman–Crippen LogP) is 6.06. The van der Waals surface area contributed by atoms with Crippen molar-refractivity contribution in [2.75, 3.05) is 19.7 Å². The van der Waals surface area contributed by atoms with Crippen molar-refractivity contribution in [3.8, 4) is 0 Å². The Morgan fingerprint density at radius 3 is 2.56 bits per heavy atom. The number of nitro groups is 1. The summed E-state index contributed by atoms with van der Waals surface area (Å²) in [6, 6.07) is 20.6. The van der Waals surface area contributed by atoms with Gasteiger partial charge in [0.2, 0.25) is 5.91 Å². The summed E-state index contributed by atoms with van der Waals surface area (Å²) in [5, 5.41) is 12.4. The van der Waals surface area contributed by atoms with Gasteiger partial charge in [0, 0.05) is 61.2 Å². The van der Waals surface area contributed by atoms with E-state index in [2.05, 4.69) is 0 Å². The molecule has 9 heteroatoms. The Labute approximate surface area is 237 Å². The minimum atomic E-state index is -0.493. The molecule has 5 rings (SSSR count). The van der Waals surface area contributed by atoms with Crippen LogP contribution in [0, 0.1) is 21.8 Å². The molecular formula is C32H32FN3O5. The number of benzene rings is 3. The van der Waals surface area contributed by atoms with Gasteiger partial charge in [0.05, 0.1) is 17.4 Å². The van der Waals surface area contributed by atoms with Gasteiger partial charge in [0.15, 0.2) is 0 Å². The van der Waals surface area contributed by atoms with Gasteiger partial charge < -0.3 is 14.2 Å². The minimum absolute atomic E-state index is 0.0475. The number of ether oxygens (including phenoxy) is 1. The van der Waals surface area contributed by atoms with Crippen LogP contribution in [0.1, 0.15) is 48.8 Å². The summed E-state index contributed by atoms with van der Waals surface area (Å²) < 4.78 is 21.2. The maximum atomic E-state index is 13.9. The fraction of sp³-hybridized carbons (Fsp3) is 0.312. The average Bonchev–Trinajstić information content (AvgIpc) is 3.34. The minimum Gasteiger partial charge on any atom is -0.466 e. The molecule has 4 aromatic rings. The molecule has 0 bridgehead atoms. The number of fused-ring (bicyclic) bond motifs is 1. The summed E-state index contributed by atoms with van der Waals surface area (Å²) in [5.41, 5.74) is 3.28. The number of nitrogens with zero attached hydrogens (tertiary/aromatic N) is 3. The van der Waals surface area contributed by atoms with Crippen LogP contribution in [0.5, 0.6) is 0 Å². The van der Waals surface area contributed by atoms with E-state index in [0.29, 0.717) is 31.3 Å². The van der Waals surface area contributed by atoms with Gasteiger partial charge in [-0.05, 0) is 54.7 Å². The van der Waals surface area contributed by atoms with Crippen LogP contribution in [0.3, 0.4) is 0 Å². The largest absolute Gasteiger partial charge is 0.466 e. The number of amides is 1. The van der Waals surface area contributed by atoms with Crippen LogP contribution < -0.4 is 0 Å². The zero-order chi connectivity index (χ0) is 28.9. The summed E-state index contributed by atoms with van der Waals surface area (Å²) in [7, 11) is 0. The Bertz CT molecular complexity index is 1550. The van der Waals surface area contributed by atoms with Crippen LogP contribution in [-0.4, -0.2) is 46.0 Å². The monoisotopic (exact) mass is 557 g/mol. The number of halogens is 1. The number of nitro benzene ring substituents is 1. The molecule has 2 heterocycles. The van der Waals surface area contributed by atoms with Gasteiger partial charge in [-0.15, -0.1) is 0 Å². The lowest BCUT2D eigenvalue weighted by atomic mass is 9.87. The Morgan fingerprint density at radius 1 is 1.10 bits per heavy atom. The highest BCUT2D eigenvalue weighted by atomic mass is 19.1. The van der Waals surface area contributed by atoms with Gasteiger partial charge in [0.25, 0.3) is 5.69 Å². The summed E-state index contributed by atoms with van der Waals surface area (Å²) in [6.45, 7) is 3.40. The van der Waals surface area contributed by atoms with E-state index >= 15 is 0 Å². The summed E-state index contributed by atoms with van der Waals surface area (Å²) in [5.74, 6) is -1.69. The molecule has 0 unspecified atom stereocenters. The van der Waals surface area contributed by atoms with Crippen molar-refractivity contribution in [3.63, 3.8) is 0 Å². The first-order valence-corrected chi connectivity index (χ1v) is 13.8. The third kappa shape index (κ3) is 6.29. The molecule has 8 nitrogen and oxygen atoms in total. The van der Waals surface area contributed by atoms with E-state index in [9.17, 15) is 24.1 Å². The van der Waals surface area contributed by atoms with Crippen LogP contribution in [0.15, 0.2) is 79.0 Å². The van der Waals surface area contributed by atoms with E-state index in [1.807, 2.05) is 41.1 Å². The first-order valence-electron chi connectivity index (χ1n) is 13.8. The molecule has 212 valence electrons.